The lowest BCUT2D eigenvalue weighted by Crippen LogP contribution is -2.22. The molecule has 6 nitrogen and oxygen atoms in total. The number of carbonyl (C=O) groups is 1. The Labute approximate surface area is 120 Å². The highest BCUT2D eigenvalue weighted by Gasteiger charge is 2.18. The second kappa shape index (κ2) is 6.04. The maximum absolute atomic E-state index is 11.9. The van der Waals surface area contributed by atoms with Crippen molar-refractivity contribution in [1.82, 2.24) is 14.4 Å². The summed E-state index contributed by atoms with van der Waals surface area (Å²) in [4.78, 5) is 31.7. The Hall–Kier alpha value is -1.89. The van der Waals surface area contributed by atoms with E-state index in [1.165, 1.54) is 4.40 Å². The first-order chi connectivity index (χ1) is 9.52. The third kappa shape index (κ3) is 2.98. The maximum Gasteiger partial charge on any atom is 0.355 e. The van der Waals surface area contributed by atoms with Gasteiger partial charge in [-0.25, -0.2) is 9.78 Å². The molecule has 0 saturated heterocycles. The average Bonchev–Trinajstić information content (AvgIpc) is 2.40. The van der Waals surface area contributed by atoms with Gasteiger partial charge in [-0.15, -0.1) is 0 Å². The van der Waals surface area contributed by atoms with Crippen LogP contribution in [0.4, 0.5) is 0 Å². The zero-order chi connectivity index (χ0) is 14.7. The molecule has 0 aliphatic carbocycles. The van der Waals surface area contributed by atoms with E-state index in [1.54, 1.807) is 26.1 Å². The van der Waals surface area contributed by atoms with Crippen molar-refractivity contribution in [3.05, 3.63) is 34.4 Å². The highest BCUT2D eigenvalue weighted by atomic mass is 32.2. The predicted molar refractivity (Wildman–Crippen MR) is 75.9 cm³/mol. The number of aryl methyl sites for hydroxylation is 1. The lowest BCUT2D eigenvalue weighted by atomic mass is 10.3. The number of fused-ring (bicyclic) bond motifs is 1. The van der Waals surface area contributed by atoms with Crippen LogP contribution in [0.1, 0.15) is 19.4 Å². The van der Waals surface area contributed by atoms with E-state index in [-0.39, 0.29) is 11.1 Å². The minimum Gasteiger partial charge on any atom is -0.465 e. The molecular weight excluding hydrogens is 278 g/mol. The van der Waals surface area contributed by atoms with Crippen LogP contribution in [0.5, 0.6) is 0 Å². The molecule has 20 heavy (non-hydrogen) atoms. The molecule has 0 aliphatic rings. The zero-order valence-corrected chi connectivity index (χ0v) is 12.3. The molecule has 2 aromatic heterocycles. The standard InChI is InChI=1S/C13H15N3O3S/c1-4-19-11(17)9(3)20-12-14-10-8(2)6-5-7-16(10)13(18)15-12/h5-7,9H,4H2,1-3H3/t9-/m0/s1. The van der Waals surface area contributed by atoms with Crippen molar-refractivity contribution in [2.24, 2.45) is 0 Å². The number of aromatic nitrogens is 3. The SMILES string of the molecule is CCOC(=O)[C@H](C)Sc1nc(=O)n2cccc(C)c2n1. The Morgan fingerprint density at radius 2 is 2.25 bits per heavy atom. The Morgan fingerprint density at radius 1 is 1.50 bits per heavy atom. The molecule has 2 heterocycles. The van der Waals surface area contributed by atoms with Gasteiger partial charge in [0.05, 0.1) is 6.61 Å². The molecule has 2 aromatic rings. The Bertz CT molecular complexity index is 699. The first-order valence-electron chi connectivity index (χ1n) is 6.22. The van der Waals surface area contributed by atoms with Gasteiger partial charge in [-0.05, 0) is 32.4 Å². The molecule has 0 aliphatic heterocycles. The minimum atomic E-state index is -0.458. The first-order valence-corrected chi connectivity index (χ1v) is 7.10. The number of hydrogen-bond donors (Lipinski definition) is 0. The number of rotatable bonds is 4. The second-order valence-corrected chi connectivity index (χ2v) is 5.49. The number of thioether (sulfide) groups is 1. The van der Waals surface area contributed by atoms with Crippen LogP contribution in [0, 0.1) is 6.92 Å². The summed E-state index contributed by atoms with van der Waals surface area (Å²) in [6.07, 6.45) is 1.62. The molecule has 2 rings (SSSR count). The molecule has 0 N–H and O–H groups in total. The Balaban J connectivity index is 2.34. The summed E-state index contributed by atoms with van der Waals surface area (Å²) in [6, 6.07) is 3.63. The van der Waals surface area contributed by atoms with Gasteiger partial charge < -0.3 is 4.74 Å². The van der Waals surface area contributed by atoms with Crippen LogP contribution < -0.4 is 5.69 Å². The lowest BCUT2D eigenvalue weighted by molar-refractivity contribution is -0.142. The van der Waals surface area contributed by atoms with E-state index in [0.717, 1.165) is 17.3 Å². The van der Waals surface area contributed by atoms with E-state index in [0.29, 0.717) is 12.3 Å². The van der Waals surface area contributed by atoms with E-state index in [2.05, 4.69) is 9.97 Å². The van der Waals surface area contributed by atoms with Gasteiger partial charge >= 0.3 is 11.7 Å². The van der Waals surface area contributed by atoms with Crippen LogP contribution in [0.25, 0.3) is 5.65 Å². The quantitative estimate of drug-likeness (QED) is 0.627. The summed E-state index contributed by atoms with van der Waals surface area (Å²) in [7, 11) is 0. The molecule has 0 radical (unpaired) electrons. The molecule has 0 amide bonds. The third-order valence-corrected chi connectivity index (χ3v) is 3.60. The van der Waals surface area contributed by atoms with Gasteiger partial charge in [-0.3, -0.25) is 9.20 Å². The number of esters is 1. The van der Waals surface area contributed by atoms with Crippen LogP contribution in [0.15, 0.2) is 28.3 Å². The second-order valence-electron chi connectivity index (χ2n) is 4.19. The molecule has 0 unspecified atom stereocenters. The normalized spacial score (nSPS) is 12.3. The molecule has 0 saturated carbocycles. The third-order valence-electron chi connectivity index (χ3n) is 2.66. The van der Waals surface area contributed by atoms with Gasteiger partial charge in [0.2, 0.25) is 0 Å². The minimum absolute atomic E-state index is 0.282. The van der Waals surface area contributed by atoms with Gasteiger partial charge in [0.1, 0.15) is 10.9 Å². The molecule has 0 spiro atoms. The average molecular weight is 293 g/mol. The van der Waals surface area contributed by atoms with Gasteiger partial charge in [0, 0.05) is 6.20 Å². The summed E-state index contributed by atoms with van der Waals surface area (Å²) in [5.41, 5.74) is 1.01. The topological polar surface area (TPSA) is 73.6 Å². The van der Waals surface area contributed by atoms with E-state index >= 15 is 0 Å². The molecule has 7 heteroatoms. The van der Waals surface area contributed by atoms with E-state index < -0.39 is 10.9 Å². The highest BCUT2D eigenvalue weighted by Crippen LogP contribution is 2.20. The zero-order valence-electron chi connectivity index (χ0n) is 11.5. The summed E-state index contributed by atoms with van der Waals surface area (Å²) >= 11 is 1.12. The number of ether oxygens (including phenoxy) is 1. The smallest absolute Gasteiger partial charge is 0.355 e. The van der Waals surface area contributed by atoms with Crippen molar-refractivity contribution >= 4 is 23.4 Å². The molecular formula is C13H15N3O3S. The summed E-state index contributed by atoms with van der Waals surface area (Å²) < 4.78 is 6.30. The number of pyridine rings is 1. The van der Waals surface area contributed by atoms with Crippen molar-refractivity contribution in [2.75, 3.05) is 6.61 Å². The fraction of sp³-hybridized carbons (Fsp3) is 0.385. The first kappa shape index (κ1) is 14.5. The number of hydrogen-bond acceptors (Lipinski definition) is 6. The van der Waals surface area contributed by atoms with Crippen LogP contribution in [-0.2, 0) is 9.53 Å². The molecule has 1 atom stereocenters. The van der Waals surface area contributed by atoms with Crippen molar-refractivity contribution in [3.8, 4) is 0 Å². The fourth-order valence-corrected chi connectivity index (χ4v) is 2.43. The van der Waals surface area contributed by atoms with E-state index in [1.807, 2.05) is 13.0 Å². The maximum atomic E-state index is 11.9. The molecule has 0 fully saturated rings. The number of nitrogens with zero attached hydrogens (tertiary/aromatic N) is 3. The fourth-order valence-electron chi connectivity index (χ4n) is 1.67. The largest absolute Gasteiger partial charge is 0.465 e. The van der Waals surface area contributed by atoms with Crippen LogP contribution in [0.2, 0.25) is 0 Å². The van der Waals surface area contributed by atoms with Gasteiger partial charge in [0.25, 0.3) is 0 Å². The van der Waals surface area contributed by atoms with Crippen LogP contribution in [-0.4, -0.2) is 32.2 Å². The van der Waals surface area contributed by atoms with Crippen LogP contribution >= 0.6 is 11.8 Å². The summed E-state index contributed by atoms with van der Waals surface area (Å²) in [6.45, 7) is 5.64. The van der Waals surface area contributed by atoms with E-state index in [4.69, 9.17) is 4.74 Å². The summed E-state index contributed by atoms with van der Waals surface area (Å²) in [5, 5.41) is -0.175. The van der Waals surface area contributed by atoms with Gasteiger partial charge in [0.15, 0.2) is 5.16 Å². The van der Waals surface area contributed by atoms with Gasteiger partial charge in [-0.1, -0.05) is 17.8 Å². The van der Waals surface area contributed by atoms with Gasteiger partial charge in [-0.2, -0.15) is 4.98 Å². The highest BCUT2D eigenvalue weighted by molar-refractivity contribution is 8.00. The Morgan fingerprint density at radius 3 is 2.95 bits per heavy atom. The van der Waals surface area contributed by atoms with E-state index in [9.17, 15) is 9.59 Å². The monoisotopic (exact) mass is 293 g/mol. The van der Waals surface area contributed by atoms with Crippen molar-refractivity contribution in [1.29, 1.82) is 0 Å². The number of carbonyl (C=O) groups excluding carboxylic acids is 1. The molecule has 0 bridgehead atoms. The van der Waals surface area contributed by atoms with Crippen molar-refractivity contribution in [2.45, 2.75) is 31.2 Å². The van der Waals surface area contributed by atoms with Crippen LogP contribution in [0.3, 0.4) is 0 Å². The molecule has 106 valence electrons. The Kier molecular flexibility index (Phi) is 4.39. The lowest BCUT2D eigenvalue weighted by Gasteiger charge is -2.09. The predicted octanol–water partition coefficient (Wildman–Crippen LogP) is 1.44. The van der Waals surface area contributed by atoms with Crippen molar-refractivity contribution in [3.63, 3.8) is 0 Å². The molecule has 0 aromatic carbocycles. The summed E-state index contributed by atoms with van der Waals surface area (Å²) in [5.74, 6) is -0.342. The van der Waals surface area contributed by atoms with Crippen molar-refractivity contribution < 1.29 is 9.53 Å².